The van der Waals surface area contributed by atoms with Crippen LogP contribution in [-0.2, 0) is 4.79 Å². The number of amides is 1. The number of rotatable bonds is 5. The maximum atomic E-state index is 12.4. The van der Waals surface area contributed by atoms with Gasteiger partial charge in [-0.2, -0.15) is 0 Å². The number of likely N-dealkylation sites (N-methyl/N-ethyl adjacent to an activating group) is 2. The van der Waals surface area contributed by atoms with Crippen molar-refractivity contribution in [3.63, 3.8) is 0 Å². The van der Waals surface area contributed by atoms with E-state index in [0.717, 1.165) is 45.8 Å². The predicted molar refractivity (Wildman–Crippen MR) is 81.8 cm³/mol. The molecule has 0 aromatic heterocycles. The van der Waals surface area contributed by atoms with Gasteiger partial charge in [-0.1, -0.05) is 13.3 Å². The van der Waals surface area contributed by atoms with Crippen LogP contribution in [0, 0.1) is 0 Å². The van der Waals surface area contributed by atoms with Gasteiger partial charge in [0.05, 0.1) is 6.54 Å². The Kier molecular flexibility index (Phi) is 6.26. The Morgan fingerprint density at radius 3 is 2.60 bits per heavy atom. The number of piperazine rings is 1. The molecule has 5 nitrogen and oxygen atoms in total. The van der Waals surface area contributed by atoms with Crippen LogP contribution in [0.4, 0.5) is 0 Å². The van der Waals surface area contributed by atoms with Gasteiger partial charge in [0.15, 0.2) is 0 Å². The van der Waals surface area contributed by atoms with Crippen molar-refractivity contribution in [1.82, 2.24) is 20.0 Å². The van der Waals surface area contributed by atoms with Crippen molar-refractivity contribution >= 4 is 5.91 Å². The van der Waals surface area contributed by atoms with Crippen molar-refractivity contribution in [3.8, 4) is 0 Å². The number of carbonyl (C=O) groups excluding carboxylic acids is 1. The monoisotopic (exact) mass is 282 g/mol. The zero-order valence-electron chi connectivity index (χ0n) is 13.1. The highest BCUT2D eigenvalue weighted by molar-refractivity contribution is 5.78. The minimum atomic E-state index is 0.302. The van der Waals surface area contributed by atoms with Gasteiger partial charge in [-0.25, -0.2) is 0 Å². The highest BCUT2D eigenvalue weighted by atomic mass is 16.2. The van der Waals surface area contributed by atoms with E-state index in [1.54, 1.807) is 0 Å². The molecule has 2 aliphatic rings. The Balaban J connectivity index is 1.75. The third-order valence-corrected chi connectivity index (χ3v) is 4.55. The molecule has 2 fully saturated rings. The van der Waals surface area contributed by atoms with Crippen molar-refractivity contribution in [3.05, 3.63) is 0 Å². The quantitative estimate of drug-likeness (QED) is 0.783. The van der Waals surface area contributed by atoms with Crippen LogP contribution in [0.15, 0.2) is 0 Å². The lowest BCUT2D eigenvalue weighted by Crippen LogP contribution is -2.51. The number of hydrogen-bond donors (Lipinski definition) is 1. The number of carbonyl (C=O) groups is 1. The van der Waals surface area contributed by atoms with Gasteiger partial charge in [-0.05, 0) is 33.0 Å². The molecule has 0 radical (unpaired) electrons. The lowest BCUT2D eigenvalue weighted by atomic mass is 10.0. The number of hydrogen-bond acceptors (Lipinski definition) is 4. The average Bonchev–Trinajstić information content (AvgIpc) is 2.48. The summed E-state index contributed by atoms with van der Waals surface area (Å²) in [6.07, 6.45) is 3.86. The molecule has 0 spiro atoms. The Hall–Kier alpha value is -0.650. The average molecular weight is 282 g/mol. The molecular weight excluding hydrogens is 252 g/mol. The first kappa shape index (κ1) is 15.7. The third kappa shape index (κ3) is 4.72. The van der Waals surface area contributed by atoms with Crippen molar-refractivity contribution < 1.29 is 4.79 Å². The van der Waals surface area contributed by atoms with E-state index >= 15 is 0 Å². The van der Waals surface area contributed by atoms with Crippen LogP contribution in [0.1, 0.15) is 26.2 Å². The Morgan fingerprint density at radius 1 is 1.25 bits per heavy atom. The Labute approximate surface area is 123 Å². The molecule has 1 amide bonds. The van der Waals surface area contributed by atoms with Crippen molar-refractivity contribution in [2.24, 2.45) is 0 Å². The number of nitrogens with zero attached hydrogens (tertiary/aromatic N) is 3. The first-order chi connectivity index (χ1) is 9.69. The van der Waals surface area contributed by atoms with E-state index < -0.39 is 0 Å². The van der Waals surface area contributed by atoms with E-state index in [2.05, 4.69) is 29.1 Å². The van der Waals surface area contributed by atoms with Crippen LogP contribution in [0.5, 0.6) is 0 Å². The normalized spacial score (nSPS) is 25.1. The highest BCUT2D eigenvalue weighted by Gasteiger charge is 2.22. The summed E-state index contributed by atoms with van der Waals surface area (Å²) in [4.78, 5) is 19.0. The van der Waals surface area contributed by atoms with Crippen molar-refractivity contribution in [2.75, 3.05) is 59.4 Å². The molecule has 2 rings (SSSR count). The molecule has 2 saturated heterocycles. The summed E-state index contributed by atoms with van der Waals surface area (Å²) in [5.74, 6) is 0.302. The standard InChI is InChI=1S/C15H30N4O/c1-3-18(12-14-6-4-5-7-16-14)13-15(20)19-10-8-17(2)9-11-19/h14,16H,3-13H2,1-2H3. The Morgan fingerprint density at radius 2 is 2.00 bits per heavy atom. The lowest BCUT2D eigenvalue weighted by molar-refractivity contribution is -0.134. The van der Waals surface area contributed by atoms with Gasteiger partial charge in [-0.3, -0.25) is 9.69 Å². The van der Waals surface area contributed by atoms with Crippen molar-refractivity contribution in [1.29, 1.82) is 0 Å². The third-order valence-electron chi connectivity index (χ3n) is 4.55. The molecule has 0 aromatic rings. The molecule has 0 bridgehead atoms. The molecular formula is C15H30N4O. The highest BCUT2D eigenvalue weighted by Crippen LogP contribution is 2.09. The van der Waals surface area contributed by atoms with Gasteiger partial charge in [0.1, 0.15) is 0 Å². The van der Waals surface area contributed by atoms with Crippen LogP contribution >= 0.6 is 0 Å². The summed E-state index contributed by atoms with van der Waals surface area (Å²) in [7, 11) is 2.12. The van der Waals surface area contributed by atoms with Gasteiger partial charge in [0, 0.05) is 38.8 Å². The molecule has 1 unspecified atom stereocenters. The van der Waals surface area contributed by atoms with E-state index in [-0.39, 0.29) is 0 Å². The molecule has 0 aromatic carbocycles. The summed E-state index contributed by atoms with van der Waals surface area (Å²) < 4.78 is 0. The molecule has 1 atom stereocenters. The first-order valence-electron chi connectivity index (χ1n) is 8.11. The van der Waals surface area contributed by atoms with Gasteiger partial charge >= 0.3 is 0 Å². The fourth-order valence-corrected chi connectivity index (χ4v) is 3.04. The second-order valence-corrected chi connectivity index (χ2v) is 6.16. The summed E-state index contributed by atoms with van der Waals surface area (Å²) in [5.41, 5.74) is 0. The van der Waals surface area contributed by atoms with Gasteiger partial charge < -0.3 is 15.1 Å². The van der Waals surface area contributed by atoms with Crippen LogP contribution in [0.2, 0.25) is 0 Å². The second-order valence-electron chi connectivity index (χ2n) is 6.16. The smallest absolute Gasteiger partial charge is 0.236 e. The SMILES string of the molecule is CCN(CC(=O)N1CCN(C)CC1)CC1CCCCN1. The first-order valence-corrected chi connectivity index (χ1v) is 8.11. The molecule has 2 heterocycles. The second kappa shape index (κ2) is 7.96. The molecule has 0 aliphatic carbocycles. The van der Waals surface area contributed by atoms with E-state index in [1.807, 2.05) is 4.90 Å². The minimum Gasteiger partial charge on any atom is -0.339 e. The van der Waals surface area contributed by atoms with E-state index in [9.17, 15) is 4.79 Å². The largest absolute Gasteiger partial charge is 0.339 e. The van der Waals surface area contributed by atoms with Crippen LogP contribution in [0.3, 0.4) is 0 Å². The van der Waals surface area contributed by atoms with Gasteiger partial charge in [-0.15, -0.1) is 0 Å². The summed E-state index contributed by atoms with van der Waals surface area (Å²) in [6, 6.07) is 0.573. The minimum absolute atomic E-state index is 0.302. The van der Waals surface area contributed by atoms with E-state index in [4.69, 9.17) is 0 Å². The van der Waals surface area contributed by atoms with Crippen LogP contribution in [-0.4, -0.2) is 86.1 Å². The Bertz CT molecular complexity index is 296. The molecule has 20 heavy (non-hydrogen) atoms. The van der Waals surface area contributed by atoms with Gasteiger partial charge in [0.2, 0.25) is 5.91 Å². The fourth-order valence-electron chi connectivity index (χ4n) is 3.04. The molecule has 0 saturated carbocycles. The summed E-state index contributed by atoms with van der Waals surface area (Å²) >= 11 is 0. The summed E-state index contributed by atoms with van der Waals surface area (Å²) in [6.45, 7) is 9.61. The van der Waals surface area contributed by atoms with E-state index in [0.29, 0.717) is 18.5 Å². The molecule has 5 heteroatoms. The topological polar surface area (TPSA) is 38.8 Å². The number of nitrogens with one attached hydrogen (secondary N) is 1. The van der Waals surface area contributed by atoms with Crippen LogP contribution in [0.25, 0.3) is 0 Å². The summed E-state index contributed by atoms with van der Waals surface area (Å²) in [5, 5.41) is 3.57. The zero-order valence-corrected chi connectivity index (χ0v) is 13.1. The maximum absolute atomic E-state index is 12.4. The zero-order chi connectivity index (χ0) is 14.4. The van der Waals surface area contributed by atoms with Crippen LogP contribution < -0.4 is 5.32 Å². The fraction of sp³-hybridized carbons (Fsp3) is 0.933. The molecule has 2 aliphatic heterocycles. The predicted octanol–water partition coefficient (Wildman–Crippen LogP) is 0.224. The molecule has 116 valence electrons. The maximum Gasteiger partial charge on any atom is 0.236 e. The lowest BCUT2D eigenvalue weighted by Gasteiger charge is -2.35. The molecule has 1 N–H and O–H groups in total. The number of piperidine rings is 1. The van der Waals surface area contributed by atoms with Gasteiger partial charge in [0.25, 0.3) is 0 Å². The van der Waals surface area contributed by atoms with E-state index in [1.165, 1.54) is 19.3 Å². The van der Waals surface area contributed by atoms with Crippen molar-refractivity contribution in [2.45, 2.75) is 32.2 Å².